The van der Waals surface area contributed by atoms with Gasteiger partial charge in [0.25, 0.3) is 0 Å². The summed E-state index contributed by atoms with van der Waals surface area (Å²) < 4.78 is 0. The van der Waals surface area contributed by atoms with Crippen LogP contribution in [0.1, 0.15) is 26.5 Å². The van der Waals surface area contributed by atoms with Crippen LogP contribution in [0.4, 0.5) is 0 Å². The summed E-state index contributed by atoms with van der Waals surface area (Å²) in [5.41, 5.74) is 0.680. The number of carbonyl (C=O) groups is 2. The third kappa shape index (κ3) is 2.72. The van der Waals surface area contributed by atoms with E-state index in [1.54, 1.807) is 30.2 Å². The van der Waals surface area contributed by atoms with E-state index < -0.39 is 12.1 Å². The number of nitrogens with one attached hydrogen (secondary N) is 1. The molecule has 1 N–H and O–H groups in total. The van der Waals surface area contributed by atoms with Crippen LogP contribution in [-0.4, -0.2) is 39.0 Å². The summed E-state index contributed by atoms with van der Waals surface area (Å²) in [6.45, 7) is 5.86. The van der Waals surface area contributed by atoms with Crippen LogP contribution < -0.4 is 5.32 Å². The minimum atomic E-state index is -0.482. The molecule has 0 radical (unpaired) electrons. The minimum absolute atomic E-state index is 0.0623. The molecule has 1 saturated heterocycles. The van der Waals surface area contributed by atoms with Gasteiger partial charge in [-0.15, -0.1) is 0 Å². The summed E-state index contributed by atoms with van der Waals surface area (Å²) in [6, 6.07) is 2.62. The summed E-state index contributed by atoms with van der Waals surface area (Å²) in [5.74, 6) is -0.122. The van der Waals surface area contributed by atoms with Crippen molar-refractivity contribution in [2.24, 2.45) is 5.92 Å². The Bertz CT molecular complexity index is 475. The van der Waals surface area contributed by atoms with Crippen LogP contribution in [0.2, 0.25) is 0 Å². The van der Waals surface area contributed by atoms with Gasteiger partial charge in [-0.25, -0.2) is 0 Å². The number of hydrogen-bond acceptors (Lipinski definition) is 4. The first-order chi connectivity index (χ1) is 9.00. The quantitative estimate of drug-likeness (QED) is 0.852. The Kier molecular flexibility index (Phi) is 3.78. The molecule has 1 aliphatic rings. The number of hydrogen-bond donors (Lipinski definition) is 1. The van der Waals surface area contributed by atoms with E-state index >= 15 is 0 Å². The molecule has 102 valence electrons. The third-order valence-electron chi connectivity index (χ3n) is 3.32. The van der Waals surface area contributed by atoms with E-state index in [9.17, 15) is 9.59 Å². The zero-order valence-corrected chi connectivity index (χ0v) is 11.3. The van der Waals surface area contributed by atoms with Gasteiger partial charge < -0.3 is 10.2 Å². The lowest BCUT2D eigenvalue weighted by Crippen LogP contribution is -2.63. The topological polar surface area (TPSA) is 75.2 Å². The largest absolute Gasteiger partial charge is 0.342 e. The van der Waals surface area contributed by atoms with E-state index in [4.69, 9.17) is 0 Å². The van der Waals surface area contributed by atoms with E-state index in [2.05, 4.69) is 15.5 Å². The van der Waals surface area contributed by atoms with Crippen LogP contribution in [0.25, 0.3) is 0 Å². The predicted octanol–water partition coefficient (Wildman–Crippen LogP) is 0.348. The van der Waals surface area contributed by atoms with E-state index in [0.717, 1.165) is 0 Å². The van der Waals surface area contributed by atoms with Crippen molar-refractivity contribution >= 4 is 11.8 Å². The zero-order valence-electron chi connectivity index (χ0n) is 11.3. The molecule has 6 nitrogen and oxygen atoms in total. The van der Waals surface area contributed by atoms with Crippen LogP contribution in [0.3, 0.4) is 0 Å². The number of aromatic nitrogens is 2. The summed E-state index contributed by atoms with van der Waals surface area (Å²) in [5, 5.41) is 10.5. The maximum Gasteiger partial charge on any atom is 0.246 e. The number of carbonyl (C=O) groups excluding carboxylic acids is 2. The molecule has 6 heteroatoms. The fourth-order valence-electron chi connectivity index (χ4n) is 2.11. The van der Waals surface area contributed by atoms with Crippen molar-refractivity contribution in [3.8, 4) is 0 Å². The Morgan fingerprint density at radius 3 is 2.74 bits per heavy atom. The standard InChI is InChI=1S/C13H18N4O2/c1-8(2)11-13(19)17(9(3)12(18)15-11)7-10-5-4-6-14-16-10/h4-6,8-9,11H,7H2,1-3H3,(H,15,18). The highest BCUT2D eigenvalue weighted by molar-refractivity contribution is 5.96. The van der Waals surface area contributed by atoms with Crippen molar-refractivity contribution in [2.45, 2.75) is 39.4 Å². The van der Waals surface area contributed by atoms with Crippen LogP contribution in [0.5, 0.6) is 0 Å². The second kappa shape index (κ2) is 5.34. The lowest BCUT2D eigenvalue weighted by atomic mass is 9.98. The molecule has 2 rings (SSSR count). The summed E-state index contributed by atoms with van der Waals surface area (Å²) in [6.07, 6.45) is 1.58. The number of amides is 2. The lowest BCUT2D eigenvalue weighted by molar-refractivity contribution is -0.150. The molecule has 2 unspecified atom stereocenters. The Labute approximate surface area is 112 Å². The van der Waals surface area contributed by atoms with Gasteiger partial charge in [-0.1, -0.05) is 13.8 Å². The van der Waals surface area contributed by atoms with Crippen LogP contribution in [0.15, 0.2) is 18.3 Å². The first-order valence-corrected chi connectivity index (χ1v) is 6.38. The van der Waals surface area contributed by atoms with Gasteiger partial charge in [-0.05, 0) is 25.0 Å². The van der Waals surface area contributed by atoms with Crippen molar-refractivity contribution in [2.75, 3.05) is 0 Å². The number of nitrogens with zero attached hydrogens (tertiary/aromatic N) is 3. The molecule has 1 aliphatic heterocycles. The fraction of sp³-hybridized carbons (Fsp3) is 0.538. The van der Waals surface area contributed by atoms with Gasteiger partial charge in [0.05, 0.1) is 12.2 Å². The Morgan fingerprint density at radius 2 is 2.16 bits per heavy atom. The maximum absolute atomic E-state index is 12.4. The second-order valence-electron chi connectivity index (χ2n) is 5.09. The van der Waals surface area contributed by atoms with Gasteiger partial charge in [0.1, 0.15) is 12.1 Å². The molecule has 1 aromatic heterocycles. The summed E-state index contributed by atoms with van der Waals surface area (Å²) in [4.78, 5) is 25.9. The fourth-order valence-corrected chi connectivity index (χ4v) is 2.11. The SMILES string of the molecule is CC(C)C1NC(=O)C(C)N(Cc2cccnn2)C1=O. The highest BCUT2D eigenvalue weighted by Crippen LogP contribution is 2.17. The molecule has 0 aromatic carbocycles. The van der Waals surface area contributed by atoms with Gasteiger partial charge in [-0.3, -0.25) is 9.59 Å². The highest BCUT2D eigenvalue weighted by atomic mass is 16.2. The first kappa shape index (κ1) is 13.5. The number of rotatable bonds is 3. The van der Waals surface area contributed by atoms with Crippen molar-refractivity contribution in [1.82, 2.24) is 20.4 Å². The van der Waals surface area contributed by atoms with E-state index in [-0.39, 0.29) is 17.7 Å². The molecule has 19 heavy (non-hydrogen) atoms. The average molecular weight is 262 g/mol. The average Bonchev–Trinajstić information content (AvgIpc) is 2.40. The van der Waals surface area contributed by atoms with E-state index in [1.165, 1.54) is 0 Å². The van der Waals surface area contributed by atoms with Gasteiger partial charge in [0.15, 0.2) is 0 Å². The normalized spacial score (nSPS) is 23.7. The first-order valence-electron chi connectivity index (χ1n) is 6.38. The third-order valence-corrected chi connectivity index (χ3v) is 3.32. The molecule has 2 amide bonds. The molecule has 0 saturated carbocycles. The number of piperazine rings is 1. The molecule has 1 fully saturated rings. The monoisotopic (exact) mass is 262 g/mol. The van der Waals surface area contributed by atoms with Gasteiger partial charge in [0.2, 0.25) is 11.8 Å². The smallest absolute Gasteiger partial charge is 0.246 e. The van der Waals surface area contributed by atoms with Crippen LogP contribution >= 0.6 is 0 Å². The molecular weight excluding hydrogens is 244 g/mol. The predicted molar refractivity (Wildman–Crippen MR) is 68.8 cm³/mol. The Hall–Kier alpha value is -1.98. The van der Waals surface area contributed by atoms with Crippen LogP contribution in [0, 0.1) is 5.92 Å². The molecule has 0 spiro atoms. The van der Waals surface area contributed by atoms with Gasteiger partial charge in [0, 0.05) is 6.20 Å². The Balaban J connectivity index is 2.21. The van der Waals surface area contributed by atoms with Crippen molar-refractivity contribution in [1.29, 1.82) is 0 Å². The molecular formula is C13H18N4O2. The summed E-state index contributed by atoms with van der Waals surface area (Å²) >= 11 is 0. The van der Waals surface area contributed by atoms with Gasteiger partial charge >= 0.3 is 0 Å². The Morgan fingerprint density at radius 1 is 1.42 bits per heavy atom. The van der Waals surface area contributed by atoms with Crippen molar-refractivity contribution in [3.63, 3.8) is 0 Å². The van der Waals surface area contributed by atoms with Crippen LogP contribution in [-0.2, 0) is 16.1 Å². The van der Waals surface area contributed by atoms with Gasteiger partial charge in [-0.2, -0.15) is 10.2 Å². The van der Waals surface area contributed by atoms with E-state index in [0.29, 0.717) is 12.2 Å². The zero-order chi connectivity index (χ0) is 14.0. The molecule has 1 aromatic rings. The molecule has 2 atom stereocenters. The molecule has 0 bridgehead atoms. The minimum Gasteiger partial charge on any atom is -0.342 e. The summed E-state index contributed by atoms with van der Waals surface area (Å²) in [7, 11) is 0. The lowest BCUT2D eigenvalue weighted by Gasteiger charge is -2.38. The van der Waals surface area contributed by atoms with E-state index in [1.807, 2.05) is 13.8 Å². The molecule has 0 aliphatic carbocycles. The molecule has 2 heterocycles. The van der Waals surface area contributed by atoms with Crippen molar-refractivity contribution < 1.29 is 9.59 Å². The van der Waals surface area contributed by atoms with Crippen molar-refractivity contribution in [3.05, 3.63) is 24.0 Å². The second-order valence-corrected chi connectivity index (χ2v) is 5.09. The highest BCUT2D eigenvalue weighted by Gasteiger charge is 2.39. The maximum atomic E-state index is 12.4.